The van der Waals surface area contributed by atoms with Gasteiger partial charge in [-0.25, -0.2) is 14.4 Å². The largest absolute Gasteiger partial charge is 0.507 e. The van der Waals surface area contributed by atoms with Crippen LogP contribution < -0.4 is 14.2 Å². The molecule has 0 radical (unpaired) electrons. The zero-order chi connectivity index (χ0) is 22.3. The van der Waals surface area contributed by atoms with Crippen LogP contribution >= 0.6 is 0 Å². The minimum absolute atomic E-state index is 0.0432. The highest BCUT2D eigenvalue weighted by Crippen LogP contribution is 2.39. The van der Waals surface area contributed by atoms with Gasteiger partial charge in [-0.2, -0.15) is 0 Å². The van der Waals surface area contributed by atoms with Crippen molar-refractivity contribution in [3.05, 3.63) is 90.6 Å². The molecule has 1 aromatic heterocycles. The summed E-state index contributed by atoms with van der Waals surface area (Å²) in [4.78, 5) is 8.33. The number of para-hydroxylation sites is 2. The summed E-state index contributed by atoms with van der Waals surface area (Å²) in [6, 6.07) is 18.4. The molecule has 0 aliphatic heterocycles. The van der Waals surface area contributed by atoms with Crippen LogP contribution in [0.15, 0.2) is 79.3 Å². The maximum atomic E-state index is 13.8. The molecular weight excluding hydrogens is 411 g/mol. The summed E-state index contributed by atoms with van der Waals surface area (Å²) in [7, 11) is 0. The number of nitrogens with zero attached hydrogens (tertiary/aromatic N) is 2. The van der Waals surface area contributed by atoms with Crippen LogP contribution in [0.25, 0.3) is 11.3 Å². The van der Waals surface area contributed by atoms with Crippen molar-refractivity contribution in [3.63, 3.8) is 0 Å². The van der Waals surface area contributed by atoms with Crippen LogP contribution in [0.2, 0.25) is 0 Å². The van der Waals surface area contributed by atoms with Crippen molar-refractivity contribution in [3.8, 4) is 40.0 Å². The van der Waals surface area contributed by atoms with Crippen LogP contribution in [0.1, 0.15) is 12.5 Å². The molecule has 162 valence electrons. The van der Waals surface area contributed by atoms with Crippen molar-refractivity contribution in [2.24, 2.45) is 0 Å². The number of aromatic nitrogens is 2. The quantitative estimate of drug-likeness (QED) is 0.382. The molecule has 3 aromatic carbocycles. The Bertz CT molecular complexity index is 1220. The second-order valence-electron chi connectivity index (χ2n) is 6.78. The van der Waals surface area contributed by atoms with E-state index in [-0.39, 0.29) is 18.2 Å². The number of ether oxygens (including phenoxy) is 3. The predicted octanol–water partition coefficient (Wildman–Crippen LogP) is 5.76. The molecule has 0 spiro atoms. The smallest absolute Gasteiger partial charge is 0.172 e. The Morgan fingerprint density at radius 3 is 2.47 bits per heavy atom. The van der Waals surface area contributed by atoms with Gasteiger partial charge in [0.1, 0.15) is 35.9 Å². The minimum atomic E-state index is -0.344. The zero-order valence-electron chi connectivity index (χ0n) is 17.4. The van der Waals surface area contributed by atoms with Gasteiger partial charge in [0.05, 0.1) is 12.8 Å². The van der Waals surface area contributed by atoms with E-state index >= 15 is 0 Å². The number of benzene rings is 3. The Balaban J connectivity index is 1.57. The summed E-state index contributed by atoms with van der Waals surface area (Å²) >= 11 is 0. The monoisotopic (exact) mass is 432 g/mol. The molecular formula is C25H21FN2O4. The van der Waals surface area contributed by atoms with E-state index in [2.05, 4.69) is 9.97 Å². The normalized spacial score (nSPS) is 10.6. The van der Waals surface area contributed by atoms with Gasteiger partial charge in [0.15, 0.2) is 17.2 Å². The highest BCUT2D eigenvalue weighted by Gasteiger charge is 2.16. The van der Waals surface area contributed by atoms with Crippen LogP contribution in [0.4, 0.5) is 4.39 Å². The van der Waals surface area contributed by atoms with E-state index in [4.69, 9.17) is 14.2 Å². The van der Waals surface area contributed by atoms with Crippen LogP contribution in [0, 0.1) is 5.82 Å². The minimum Gasteiger partial charge on any atom is -0.507 e. The summed E-state index contributed by atoms with van der Waals surface area (Å²) in [5.74, 6) is 1.45. The van der Waals surface area contributed by atoms with E-state index in [9.17, 15) is 9.50 Å². The second-order valence-corrected chi connectivity index (χ2v) is 6.78. The average Bonchev–Trinajstić information content (AvgIpc) is 2.81. The summed E-state index contributed by atoms with van der Waals surface area (Å²) in [5, 5.41) is 10.6. The lowest BCUT2D eigenvalue weighted by Crippen LogP contribution is -1.99. The molecule has 32 heavy (non-hydrogen) atoms. The first-order valence-corrected chi connectivity index (χ1v) is 10.0. The molecule has 0 saturated carbocycles. The first kappa shape index (κ1) is 21.1. The molecule has 1 heterocycles. The molecule has 1 N–H and O–H groups in total. The number of phenolic OH excluding ortho intramolecular Hbond substituents is 1. The Morgan fingerprint density at radius 1 is 0.906 bits per heavy atom. The molecule has 4 aromatic rings. The number of hydrogen-bond acceptors (Lipinski definition) is 6. The number of halogens is 1. The lowest BCUT2D eigenvalue weighted by molar-refractivity contribution is 0.298. The lowest BCUT2D eigenvalue weighted by Gasteiger charge is -2.14. The Labute approximate surface area is 184 Å². The molecule has 0 unspecified atom stereocenters. The van der Waals surface area contributed by atoms with Crippen molar-refractivity contribution in [2.75, 3.05) is 6.61 Å². The maximum Gasteiger partial charge on any atom is 0.172 e. The van der Waals surface area contributed by atoms with E-state index < -0.39 is 0 Å². The molecule has 0 saturated heterocycles. The third kappa shape index (κ3) is 4.78. The summed E-state index contributed by atoms with van der Waals surface area (Å²) in [6.45, 7) is 2.43. The molecule has 0 aliphatic carbocycles. The highest BCUT2D eigenvalue weighted by molar-refractivity contribution is 5.73. The fourth-order valence-electron chi connectivity index (χ4n) is 3.10. The van der Waals surface area contributed by atoms with Gasteiger partial charge in [0.25, 0.3) is 0 Å². The molecule has 0 atom stereocenters. The molecule has 0 aliphatic rings. The van der Waals surface area contributed by atoms with Crippen molar-refractivity contribution in [1.82, 2.24) is 9.97 Å². The van der Waals surface area contributed by atoms with Crippen molar-refractivity contribution >= 4 is 0 Å². The lowest BCUT2D eigenvalue weighted by atomic mass is 10.1. The fraction of sp³-hybridized carbons (Fsp3) is 0.120. The standard InChI is InChI=1S/C25H21FN2O4/c1-2-30-22-9-5-6-10-23(22)32-24-14-27-16-28-25(24)19-12-11-18(13-21(19)29)31-15-17-7-3-4-8-20(17)26/h3-14,16,29H,2,15H2,1H3. The van der Waals surface area contributed by atoms with Crippen molar-refractivity contribution in [1.29, 1.82) is 0 Å². The van der Waals surface area contributed by atoms with Crippen molar-refractivity contribution in [2.45, 2.75) is 13.5 Å². The third-order valence-corrected chi connectivity index (χ3v) is 4.62. The first-order chi connectivity index (χ1) is 15.7. The van der Waals surface area contributed by atoms with E-state index in [1.54, 1.807) is 36.4 Å². The maximum absolute atomic E-state index is 13.8. The summed E-state index contributed by atoms with van der Waals surface area (Å²) in [5.41, 5.74) is 1.27. The average molecular weight is 432 g/mol. The zero-order valence-corrected chi connectivity index (χ0v) is 17.4. The molecule has 6 nitrogen and oxygen atoms in total. The molecule has 0 bridgehead atoms. The Hall–Kier alpha value is -4.13. The Morgan fingerprint density at radius 2 is 1.69 bits per heavy atom. The van der Waals surface area contributed by atoms with Gasteiger partial charge in [0.2, 0.25) is 0 Å². The van der Waals surface area contributed by atoms with Crippen LogP contribution in [0.5, 0.6) is 28.7 Å². The Kier molecular flexibility index (Phi) is 6.46. The first-order valence-electron chi connectivity index (χ1n) is 10.0. The second kappa shape index (κ2) is 9.78. The van der Waals surface area contributed by atoms with Gasteiger partial charge in [-0.15, -0.1) is 0 Å². The predicted molar refractivity (Wildman–Crippen MR) is 118 cm³/mol. The molecule has 7 heteroatoms. The fourth-order valence-corrected chi connectivity index (χ4v) is 3.10. The molecule has 4 rings (SSSR count). The van der Waals surface area contributed by atoms with E-state index in [1.807, 2.05) is 25.1 Å². The van der Waals surface area contributed by atoms with E-state index in [0.717, 1.165) is 0 Å². The van der Waals surface area contributed by atoms with Crippen molar-refractivity contribution < 1.29 is 23.7 Å². The van der Waals surface area contributed by atoms with Crippen LogP contribution in [-0.2, 0) is 6.61 Å². The molecule has 0 fully saturated rings. The number of aromatic hydroxyl groups is 1. The van der Waals surface area contributed by atoms with Gasteiger partial charge in [-0.05, 0) is 37.3 Å². The topological polar surface area (TPSA) is 73.7 Å². The van der Waals surface area contributed by atoms with Gasteiger partial charge in [-0.3, -0.25) is 0 Å². The van der Waals surface area contributed by atoms with Gasteiger partial charge in [-0.1, -0.05) is 30.3 Å². The summed E-state index contributed by atoms with van der Waals surface area (Å²) in [6.07, 6.45) is 2.89. The number of hydrogen-bond donors (Lipinski definition) is 1. The third-order valence-electron chi connectivity index (χ3n) is 4.62. The van der Waals surface area contributed by atoms with Gasteiger partial charge >= 0.3 is 0 Å². The SMILES string of the molecule is CCOc1ccccc1Oc1cncnc1-c1ccc(OCc2ccccc2F)cc1O. The van der Waals surface area contributed by atoms with E-state index in [1.165, 1.54) is 24.7 Å². The van der Waals surface area contributed by atoms with Gasteiger partial charge < -0.3 is 19.3 Å². The number of phenols is 1. The van der Waals surface area contributed by atoms with Gasteiger partial charge in [0, 0.05) is 17.2 Å². The highest BCUT2D eigenvalue weighted by atomic mass is 19.1. The number of rotatable bonds is 8. The van der Waals surface area contributed by atoms with Crippen LogP contribution in [0.3, 0.4) is 0 Å². The molecule has 0 amide bonds. The van der Waals surface area contributed by atoms with E-state index in [0.29, 0.717) is 46.4 Å². The summed E-state index contributed by atoms with van der Waals surface area (Å²) < 4.78 is 31.0. The van der Waals surface area contributed by atoms with Crippen LogP contribution in [-0.4, -0.2) is 21.7 Å².